The van der Waals surface area contributed by atoms with Gasteiger partial charge in [-0.3, -0.25) is 0 Å². The fraction of sp³-hybridized carbons (Fsp3) is 0.353. The van der Waals surface area contributed by atoms with Gasteiger partial charge in [0, 0.05) is 29.9 Å². The number of hydrogen-bond donors (Lipinski definition) is 1. The molecule has 1 spiro atoms. The van der Waals surface area contributed by atoms with E-state index in [0.29, 0.717) is 21.5 Å². The fourth-order valence-corrected chi connectivity index (χ4v) is 3.93. The van der Waals surface area contributed by atoms with Crippen LogP contribution in [0.4, 0.5) is 17.2 Å². The molecule has 8 heteroatoms. The zero-order valence-electron chi connectivity index (χ0n) is 13.5. The second kappa shape index (κ2) is 5.67. The third kappa shape index (κ3) is 2.65. The summed E-state index contributed by atoms with van der Waals surface area (Å²) >= 11 is 3.40. The first-order valence-electron chi connectivity index (χ1n) is 8.27. The number of benzene rings is 1. The highest BCUT2D eigenvalue weighted by molar-refractivity contribution is 9.10. The van der Waals surface area contributed by atoms with E-state index in [1.165, 1.54) is 18.4 Å². The largest absolute Gasteiger partial charge is 0.380 e. The van der Waals surface area contributed by atoms with Gasteiger partial charge < -0.3 is 15.0 Å². The van der Waals surface area contributed by atoms with Crippen molar-refractivity contribution in [2.24, 2.45) is 5.41 Å². The Balaban J connectivity index is 1.36. The Labute approximate surface area is 153 Å². The zero-order valence-corrected chi connectivity index (χ0v) is 15.1. The number of nitrogens with one attached hydrogen (secondary N) is 1. The van der Waals surface area contributed by atoms with Crippen LogP contribution < -0.4 is 10.2 Å². The number of rotatable bonds is 3. The normalized spacial score (nSPS) is 18.7. The van der Waals surface area contributed by atoms with Gasteiger partial charge in [0.1, 0.15) is 10.9 Å². The average molecular weight is 401 g/mol. The van der Waals surface area contributed by atoms with Crippen molar-refractivity contribution in [1.29, 1.82) is 0 Å². The van der Waals surface area contributed by atoms with E-state index in [4.69, 9.17) is 4.74 Å². The van der Waals surface area contributed by atoms with Crippen molar-refractivity contribution in [2.75, 3.05) is 36.5 Å². The third-order valence-corrected chi connectivity index (χ3v) is 5.36. The predicted octanol–water partition coefficient (Wildman–Crippen LogP) is 2.86. The van der Waals surface area contributed by atoms with Crippen molar-refractivity contribution < 1.29 is 4.74 Å². The molecule has 0 atom stereocenters. The maximum atomic E-state index is 5.41. The van der Waals surface area contributed by atoms with Gasteiger partial charge in [-0.1, -0.05) is 0 Å². The van der Waals surface area contributed by atoms with Gasteiger partial charge in [0.2, 0.25) is 0 Å². The molecule has 0 bridgehead atoms. The first-order chi connectivity index (χ1) is 12.2. The molecule has 0 saturated carbocycles. The summed E-state index contributed by atoms with van der Waals surface area (Å²) in [4.78, 5) is 11.2. The van der Waals surface area contributed by atoms with Crippen molar-refractivity contribution in [3.63, 3.8) is 0 Å². The van der Waals surface area contributed by atoms with Crippen LogP contribution in [0.1, 0.15) is 6.42 Å². The van der Waals surface area contributed by atoms with E-state index < -0.39 is 0 Å². The first-order valence-corrected chi connectivity index (χ1v) is 9.06. The van der Waals surface area contributed by atoms with Crippen LogP contribution in [-0.4, -0.2) is 45.9 Å². The highest BCUT2D eigenvalue weighted by atomic mass is 79.9. The molecule has 25 heavy (non-hydrogen) atoms. The van der Waals surface area contributed by atoms with E-state index >= 15 is 0 Å². The lowest BCUT2D eigenvalue weighted by Crippen LogP contribution is -2.44. The van der Waals surface area contributed by atoms with E-state index in [1.807, 2.05) is 0 Å². The molecule has 0 unspecified atom stereocenters. The minimum Gasteiger partial charge on any atom is -0.380 e. The van der Waals surface area contributed by atoms with Crippen LogP contribution in [0.3, 0.4) is 0 Å². The van der Waals surface area contributed by atoms with Crippen molar-refractivity contribution >= 4 is 38.8 Å². The van der Waals surface area contributed by atoms with E-state index in [-0.39, 0.29) is 0 Å². The molecule has 3 aromatic rings. The summed E-state index contributed by atoms with van der Waals surface area (Å²) in [6, 6.07) is 8.46. The molecule has 0 amide bonds. The van der Waals surface area contributed by atoms with Crippen molar-refractivity contribution in [3.8, 4) is 0 Å². The minimum absolute atomic E-state index is 0.399. The average Bonchev–Trinajstić information content (AvgIpc) is 3.22. The summed E-state index contributed by atoms with van der Waals surface area (Å²) < 4.78 is 7.80. The molecular weight excluding hydrogens is 384 g/mol. The summed E-state index contributed by atoms with van der Waals surface area (Å²) in [5.74, 6) is 0.673. The Bertz CT molecular complexity index is 921. The molecule has 7 nitrogen and oxygen atoms in total. The first kappa shape index (κ1) is 15.1. The number of fused-ring (bicyclic) bond motifs is 1. The number of ether oxygens (including phenoxy) is 1. The number of hydrogen-bond acceptors (Lipinski definition) is 6. The summed E-state index contributed by atoms with van der Waals surface area (Å²) in [7, 11) is 0. The minimum atomic E-state index is 0.399. The highest BCUT2D eigenvalue weighted by Crippen LogP contribution is 2.39. The summed E-state index contributed by atoms with van der Waals surface area (Å²) in [5, 5.41) is 7.48. The van der Waals surface area contributed by atoms with Gasteiger partial charge in [-0.25, -0.2) is 14.5 Å². The molecule has 128 valence electrons. The molecule has 1 aromatic carbocycles. The molecule has 5 rings (SSSR count). The maximum absolute atomic E-state index is 5.41. The number of aromatic nitrogens is 4. The van der Waals surface area contributed by atoms with Crippen molar-refractivity contribution in [3.05, 3.63) is 41.4 Å². The van der Waals surface area contributed by atoms with Gasteiger partial charge in [0.15, 0.2) is 11.5 Å². The fourth-order valence-electron chi connectivity index (χ4n) is 3.56. The van der Waals surface area contributed by atoms with E-state index in [0.717, 1.165) is 32.0 Å². The lowest BCUT2D eigenvalue weighted by Gasteiger charge is -2.37. The standard InChI is InChI=1S/C17H17BrN6O/c18-14-7-24-16(19-11-20-24)15(22-14)21-12-1-3-13(4-2-12)23-6-5-17(8-23)9-25-10-17/h1-4,7,11H,5-6,8-10H2,(H,21,22). The summed E-state index contributed by atoms with van der Waals surface area (Å²) in [6.45, 7) is 4.01. The maximum Gasteiger partial charge on any atom is 0.198 e. The van der Waals surface area contributed by atoms with Crippen LogP contribution in [0.2, 0.25) is 0 Å². The van der Waals surface area contributed by atoms with Gasteiger partial charge in [0.05, 0.1) is 19.4 Å². The van der Waals surface area contributed by atoms with Gasteiger partial charge in [-0.05, 0) is 46.6 Å². The van der Waals surface area contributed by atoms with E-state index in [2.05, 4.69) is 65.5 Å². The number of nitrogens with zero attached hydrogens (tertiary/aromatic N) is 5. The molecule has 2 aliphatic rings. The Morgan fingerprint density at radius 1 is 1.20 bits per heavy atom. The molecule has 2 aromatic heterocycles. The molecule has 2 saturated heterocycles. The second-order valence-corrected chi connectivity index (χ2v) is 7.59. The van der Waals surface area contributed by atoms with Crippen molar-refractivity contribution in [2.45, 2.75) is 6.42 Å². The molecular formula is C17H17BrN6O. The van der Waals surface area contributed by atoms with Crippen LogP contribution in [0.25, 0.3) is 5.65 Å². The van der Waals surface area contributed by atoms with E-state index in [1.54, 1.807) is 10.7 Å². The topological polar surface area (TPSA) is 67.6 Å². The lowest BCUT2D eigenvalue weighted by molar-refractivity contribution is -0.0985. The van der Waals surface area contributed by atoms with Crippen LogP contribution in [0.15, 0.2) is 41.4 Å². The Morgan fingerprint density at radius 2 is 2.04 bits per heavy atom. The van der Waals surface area contributed by atoms with Gasteiger partial charge in [0.25, 0.3) is 0 Å². The smallest absolute Gasteiger partial charge is 0.198 e. The van der Waals surface area contributed by atoms with Crippen LogP contribution in [-0.2, 0) is 4.74 Å². The quantitative estimate of drug-likeness (QED) is 0.728. The molecule has 1 N–H and O–H groups in total. The van der Waals surface area contributed by atoms with Gasteiger partial charge in [-0.2, -0.15) is 5.10 Å². The molecule has 2 fully saturated rings. The number of halogens is 1. The van der Waals surface area contributed by atoms with Crippen LogP contribution in [0.5, 0.6) is 0 Å². The zero-order chi connectivity index (χ0) is 16.9. The highest BCUT2D eigenvalue weighted by Gasteiger charge is 2.44. The second-order valence-electron chi connectivity index (χ2n) is 6.78. The van der Waals surface area contributed by atoms with Gasteiger partial charge in [-0.15, -0.1) is 0 Å². The molecule has 0 aliphatic carbocycles. The predicted molar refractivity (Wildman–Crippen MR) is 98.3 cm³/mol. The monoisotopic (exact) mass is 400 g/mol. The molecule has 4 heterocycles. The van der Waals surface area contributed by atoms with Crippen LogP contribution >= 0.6 is 15.9 Å². The Kier molecular flexibility index (Phi) is 3.42. The third-order valence-electron chi connectivity index (χ3n) is 4.98. The Morgan fingerprint density at radius 3 is 2.76 bits per heavy atom. The van der Waals surface area contributed by atoms with Gasteiger partial charge >= 0.3 is 0 Å². The molecule has 0 radical (unpaired) electrons. The number of anilines is 3. The SMILES string of the molecule is Brc1cn2ncnc2c(Nc2ccc(N3CCC4(COC4)C3)cc2)n1. The van der Waals surface area contributed by atoms with E-state index in [9.17, 15) is 0 Å². The molecule has 2 aliphatic heterocycles. The summed E-state index contributed by atoms with van der Waals surface area (Å²) in [6.07, 6.45) is 4.52. The summed E-state index contributed by atoms with van der Waals surface area (Å²) in [5.41, 5.74) is 3.32. The van der Waals surface area contributed by atoms with Crippen LogP contribution in [0, 0.1) is 5.41 Å². The Hall–Kier alpha value is -2.19. The van der Waals surface area contributed by atoms with Crippen molar-refractivity contribution in [1.82, 2.24) is 19.6 Å². The lowest BCUT2D eigenvalue weighted by atomic mass is 9.85.